The van der Waals surface area contributed by atoms with E-state index in [2.05, 4.69) is 4.98 Å². The SMILES string of the molecule is Cc1ccc(C(=O)N(C)c2ccc(CN)cc2)cn1. The maximum Gasteiger partial charge on any atom is 0.259 e. The third-order valence-electron chi connectivity index (χ3n) is 3.02. The first kappa shape index (κ1) is 13.2. The molecule has 98 valence electrons. The van der Waals surface area contributed by atoms with Gasteiger partial charge in [-0.3, -0.25) is 9.78 Å². The highest BCUT2D eigenvalue weighted by molar-refractivity contribution is 6.05. The average molecular weight is 255 g/mol. The van der Waals surface area contributed by atoms with Crippen LogP contribution in [0.2, 0.25) is 0 Å². The van der Waals surface area contributed by atoms with Crippen LogP contribution in [0.15, 0.2) is 42.6 Å². The van der Waals surface area contributed by atoms with Crippen molar-refractivity contribution in [2.75, 3.05) is 11.9 Å². The fraction of sp³-hybridized carbons (Fsp3) is 0.200. The van der Waals surface area contributed by atoms with Gasteiger partial charge in [-0.05, 0) is 36.8 Å². The number of nitrogens with two attached hydrogens (primary N) is 1. The molecule has 0 saturated carbocycles. The van der Waals surface area contributed by atoms with Crippen molar-refractivity contribution in [2.45, 2.75) is 13.5 Å². The summed E-state index contributed by atoms with van der Waals surface area (Å²) in [4.78, 5) is 18.0. The van der Waals surface area contributed by atoms with Gasteiger partial charge in [-0.25, -0.2) is 0 Å². The van der Waals surface area contributed by atoms with Gasteiger partial charge < -0.3 is 10.6 Å². The molecule has 0 atom stereocenters. The number of nitrogens with zero attached hydrogens (tertiary/aromatic N) is 2. The number of hydrogen-bond donors (Lipinski definition) is 1. The Morgan fingerprint density at radius 1 is 1.21 bits per heavy atom. The van der Waals surface area contributed by atoms with Crippen molar-refractivity contribution in [2.24, 2.45) is 5.73 Å². The summed E-state index contributed by atoms with van der Waals surface area (Å²) in [5.41, 5.74) is 8.91. The highest BCUT2D eigenvalue weighted by Crippen LogP contribution is 2.16. The molecular formula is C15H17N3O. The molecule has 0 aliphatic carbocycles. The molecule has 2 N–H and O–H groups in total. The van der Waals surface area contributed by atoms with Gasteiger partial charge in [-0.1, -0.05) is 12.1 Å². The van der Waals surface area contributed by atoms with Gasteiger partial charge in [0.2, 0.25) is 0 Å². The van der Waals surface area contributed by atoms with Crippen molar-refractivity contribution in [3.8, 4) is 0 Å². The number of aromatic nitrogens is 1. The number of aryl methyl sites for hydroxylation is 1. The number of carbonyl (C=O) groups excluding carboxylic acids is 1. The molecule has 0 fully saturated rings. The lowest BCUT2D eigenvalue weighted by molar-refractivity contribution is 0.0992. The van der Waals surface area contributed by atoms with E-state index < -0.39 is 0 Å². The normalized spacial score (nSPS) is 10.3. The maximum absolute atomic E-state index is 12.3. The smallest absolute Gasteiger partial charge is 0.259 e. The first-order valence-corrected chi connectivity index (χ1v) is 6.11. The average Bonchev–Trinajstić information content (AvgIpc) is 2.46. The zero-order chi connectivity index (χ0) is 13.8. The molecule has 0 unspecified atom stereocenters. The van der Waals surface area contributed by atoms with Crippen LogP contribution < -0.4 is 10.6 Å². The van der Waals surface area contributed by atoms with Crippen molar-refractivity contribution in [1.82, 2.24) is 4.98 Å². The van der Waals surface area contributed by atoms with Crippen LogP contribution in [0, 0.1) is 6.92 Å². The molecule has 1 aromatic carbocycles. The Labute approximate surface area is 112 Å². The summed E-state index contributed by atoms with van der Waals surface area (Å²) < 4.78 is 0. The van der Waals surface area contributed by atoms with Crippen LogP contribution in [-0.2, 0) is 6.54 Å². The Balaban J connectivity index is 2.20. The Morgan fingerprint density at radius 3 is 2.42 bits per heavy atom. The number of carbonyl (C=O) groups is 1. The Kier molecular flexibility index (Phi) is 3.92. The second-order valence-electron chi connectivity index (χ2n) is 4.42. The van der Waals surface area contributed by atoms with Crippen LogP contribution in [0.5, 0.6) is 0 Å². The van der Waals surface area contributed by atoms with Gasteiger partial charge in [0.05, 0.1) is 5.56 Å². The summed E-state index contributed by atoms with van der Waals surface area (Å²) in [7, 11) is 1.75. The van der Waals surface area contributed by atoms with Gasteiger partial charge in [0.25, 0.3) is 5.91 Å². The first-order chi connectivity index (χ1) is 9.11. The molecule has 2 rings (SSSR count). The lowest BCUT2D eigenvalue weighted by Gasteiger charge is -2.17. The molecule has 0 saturated heterocycles. The van der Waals surface area contributed by atoms with Crippen LogP contribution >= 0.6 is 0 Å². The van der Waals surface area contributed by atoms with E-state index in [4.69, 9.17) is 5.73 Å². The monoisotopic (exact) mass is 255 g/mol. The Morgan fingerprint density at radius 2 is 1.89 bits per heavy atom. The molecule has 19 heavy (non-hydrogen) atoms. The fourth-order valence-corrected chi connectivity index (χ4v) is 1.76. The molecule has 0 spiro atoms. The predicted molar refractivity (Wildman–Crippen MR) is 76.0 cm³/mol. The van der Waals surface area contributed by atoms with E-state index in [1.807, 2.05) is 37.3 Å². The molecule has 0 aliphatic heterocycles. The van der Waals surface area contributed by atoms with E-state index in [9.17, 15) is 4.79 Å². The van der Waals surface area contributed by atoms with E-state index in [0.29, 0.717) is 12.1 Å². The summed E-state index contributed by atoms with van der Waals surface area (Å²) >= 11 is 0. The number of rotatable bonds is 3. The minimum absolute atomic E-state index is 0.0759. The van der Waals surface area contributed by atoms with Gasteiger partial charge in [0.1, 0.15) is 0 Å². The molecule has 4 nitrogen and oxygen atoms in total. The van der Waals surface area contributed by atoms with E-state index in [1.165, 1.54) is 0 Å². The number of hydrogen-bond acceptors (Lipinski definition) is 3. The van der Waals surface area contributed by atoms with Crippen molar-refractivity contribution in [1.29, 1.82) is 0 Å². The van der Waals surface area contributed by atoms with Crippen LogP contribution in [0.1, 0.15) is 21.6 Å². The van der Waals surface area contributed by atoms with Gasteiger partial charge in [-0.15, -0.1) is 0 Å². The summed E-state index contributed by atoms with van der Waals surface area (Å²) in [6.45, 7) is 2.39. The van der Waals surface area contributed by atoms with Gasteiger partial charge >= 0.3 is 0 Å². The summed E-state index contributed by atoms with van der Waals surface area (Å²) in [5, 5.41) is 0. The minimum atomic E-state index is -0.0759. The van der Waals surface area contributed by atoms with E-state index >= 15 is 0 Å². The highest BCUT2D eigenvalue weighted by atomic mass is 16.2. The first-order valence-electron chi connectivity index (χ1n) is 6.11. The van der Waals surface area contributed by atoms with E-state index in [-0.39, 0.29) is 5.91 Å². The molecule has 4 heteroatoms. The zero-order valence-corrected chi connectivity index (χ0v) is 11.1. The van der Waals surface area contributed by atoms with Crippen LogP contribution in [0.4, 0.5) is 5.69 Å². The third kappa shape index (κ3) is 2.98. The molecule has 0 aliphatic rings. The largest absolute Gasteiger partial charge is 0.326 e. The van der Waals surface area contributed by atoms with Crippen LogP contribution in [0.25, 0.3) is 0 Å². The molecule has 1 amide bonds. The predicted octanol–water partition coefficient (Wildman–Crippen LogP) is 2.13. The summed E-state index contributed by atoms with van der Waals surface area (Å²) in [5.74, 6) is -0.0759. The second kappa shape index (κ2) is 5.63. The van der Waals surface area contributed by atoms with Crippen molar-refractivity contribution < 1.29 is 4.79 Å². The number of amides is 1. The highest BCUT2D eigenvalue weighted by Gasteiger charge is 2.13. The van der Waals surface area contributed by atoms with E-state index in [0.717, 1.165) is 16.9 Å². The number of anilines is 1. The molecule has 0 bridgehead atoms. The molecule has 1 aromatic heterocycles. The number of benzene rings is 1. The summed E-state index contributed by atoms with van der Waals surface area (Å²) in [6, 6.07) is 11.2. The van der Waals surface area contributed by atoms with Crippen LogP contribution in [0.3, 0.4) is 0 Å². The summed E-state index contributed by atoms with van der Waals surface area (Å²) in [6.07, 6.45) is 1.60. The van der Waals surface area contributed by atoms with Crippen LogP contribution in [-0.4, -0.2) is 17.9 Å². The van der Waals surface area contributed by atoms with Crippen molar-refractivity contribution in [3.05, 3.63) is 59.4 Å². The molecule has 1 heterocycles. The number of pyridine rings is 1. The lowest BCUT2D eigenvalue weighted by Crippen LogP contribution is -2.26. The van der Waals surface area contributed by atoms with Crippen molar-refractivity contribution >= 4 is 11.6 Å². The molecular weight excluding hydrogens is 238 g/mol. The second-order valence-corrected chi connectivity index (χ2v) is 4.42. The third-order valence-corrected chi connectivity index (χ3v) is 3.02. The quantitative estimate of drug-likeness (QED) is 0.914. The maximum atomic E-state index is 12.3. The van der Waals surface area contributed by atoms with E-state index in [1.54, 1.807) is 24.2 Å². The topological polar surface area (TPSA) is 59.2 Å². The molecule has 0 radical (unpaired) electrons. The molecule has 2 aromatic rings. The fourth-order valence-electron chi connectivity index (χ4n) is 1.76. The van der Waals surface area contributed by atoms with Gasteiger partial charge in [-0.2, -0.15) is 0 Å². The lowest BCUT2D eigenvalue weighted by atomic mass is 10.2. The van der Waals surface area contributed by atoms with Crippen molar-refractivity contribution in [3.63, 3.8) is 0 Å². The Hall–Kier alpha value is -2.20. The Bertz CT molecular complexity index is 561. The standard InChI is InChI=1S/C15H17N3O/c1-11-3-6-13(10-17-11)15(19)18(2)14-7-4-12(9-16)5-8-14/h3-8,10H,9,16H2,1-2H3. The van der Waals surface area contributed by atoms with Gasteiger partial charge in [0.15, 0.2) is 0 Å². The van der Waals surface area contributed by atoms with Gasteiger partial charge in [0, 0.05) is 31.2 Å². The minimum Gasteiger partial charge on any atom is -0.326 e. The zero-order valence-electron chi connectivity index (χ0n) is 11.1.